The van der Waals surface area contributed by atoms with Crippen molar-refractivity contribution in [3.63, 3.8) is 0 Å². The van der Waals surface area contributed by atoms with Crippen molar-refractivity contribution in [2.75, 3.05) is 13.2 Å². The quantitative estimate of drug-likeness (QED) is 0.655. The molecule has 0 bridgehead atoms. The minimum absolute atomic E-state index is 0.183. The summed E-state index contributed by atoms with van der Waals surface area (Å²) in [7, 11) is 6.23. The van der Waals surface area contributed by atoms with Crippen molar-refractivity contribution in [2.45, 2.75) is 48.1 Å². The molecule has 0 spiro atoms. The number of halogens is 1. The molecule has 3 atom stereocenters. The molecule has 2 aliphatic rings. The van der Waals surface area contributed by atoms with Crippen LogP contribution in [-0.2, 0) is 37.6 Å². The second-order valence-corrected chi connectivity index (χ2v) is 12.3. The van der Waals surface area contributed by atoms with E-state index in [-0.39, 0.29) is 6.10 Å². The Balaban J connectivity index is 1.95. The maximum atomic E-state index is 6.23. The first-order valence-corrected chi connectivity index (χ1v) is 15.6. The Morgan fingerprint density at radius 2 is 2.20 bits per heavy atom. The molecule has 2 fully saturated rings. The Kier molecular flexibility index (Phi) is 4.33. The van der Waals surface area contributed by atoms with Gasteiger partial charge in [-0.25, -0.2) is 0 Å². The molecule has 5 heteroatoms. The van der Waals surface area contributed by atoms with E-state index < -0.39 is 29.1 Å². The van der Waals surface area contributed by atoms with Crippen LogP contribution < -0.4 is 0 Å². The molecule has 0 N–H and O–H groups in total. The SMILES string of the molecule is CC1(C)OC[C@H]([CH]([Hg][Cl])C2CCCO2)O1. The van der Waals surface area contributed by atoms with E-state index in [0.717, 1.165) is 13.0 Å². The van der Waals surface area contributed by atoms with Crippen molar-refractivity contribution < 1.29 is 37.6 Å². The van der Waals surface area contributed by atoms with E-state index in [1.54, 1.807) is 0 Å². The first kappa shape index (κ1) is 12.6. The average molecular weight is 421 g/mol. The molecular weight excluding hydrogens is 404 g/mol. The van der Waals surface area contributed by atoms with Crippen molar-refractivity contribution in [3.8, 4) is 0 Å². The zero-order valence-electron chi connectivity index (χ0n) is 9.37. The summed E-state index contributed by atoms with van der Waals surface area (Å²) >= 11 is -1.37. The number of rotatable bonds is 3. The third-order valence-corrected chi connectivity index (χ3v) is 11.7. The summed E-state index contributed by atoms with van der Waals surface area (Å²) < 4.78 is 17.7. The van der Waals surface area contributed by atoms with Gasteiger partial charge in [0.05, 0.1) is 0 Å². The topological polar surface area (TPSA) is 27.7 Å². The fourth-order valence-corrected chi connectivity index (χ4v) is 9.69. The van der Waals surface area contributed by atoms with Crippen LogP contribution in [0.15, 0.2) is 0 Å². The first-order valence-electron chi connectivity index (χ1n) is 5.62. The summed E-state index contributed by atoms with van der Waals surface area (Å²) in [5, 5.41) is 0. The van der Waals surface area contributed by atoms with Crippen molar-refractivity contribution in [3.05, 3.63) is 0 Å². The predicted octanol–water partition coefficient (Wildman–Crippen LogP) is 2.34. The molecule has 0 aliphatic carbocycles. The van der Waals surface area contributed by atoms with Crippen LogP contribution in [0.2, 0.25) is 3.43 Å². The van der Waals surface area contributed by atoms with Crippen molar-refractivity contribution >= 4 is 8.25 Å². The third kappa shape index (κ3) is 3.06. The van der Waals surface area contributed by atoms with Gasteiger partial charge in [0.1, 0.15) is 0 Å². The Bertz CT molecular complexity index is 219. The van der Waals surface area contributed by atoms with E-state index in [2.05, 4.69) is 0 Å². The number of ether oxygens (including phenoxy) is 3. The molecule has 0 saturated carbocycles. The van der Waals surface area contributed by atoms with Gasteiger partial charge in [0.25, 0.3) is 0 Å². The van der Waals surface area contributed by atoms with Crippen molar-refractivity contribution in [1.82, 2.24) is 0 Å². The fourth-order valence-electron chi connectivity index (χ4n) is 2.30. The first-order chi connectivity index (χ1) is 7.12. The van der Waals surface area contributed by atoms with Gasteiger partial charge >= 0.3 is 107 Å². The summed E-state index contributed by atoms with van der Waals surface area (Å²) in [6.07, 6.45) is 2.86. The van der Waals surface area contributed by atoms with Crippen LogP contribution in [-0.4, -0.2) is 31.2 Å². The third-order valence-electron chi connectivity index (χ3n) is 3.13. The monoisotopic (exact) mass is 422 g/mol. The van der Waals surface area contributed by atoms with Gasteiger partial charge in [-0.15, -0.1) is 0 Å². The average Bonchev–Trinajstić information content (AvgIpc) is 2.77. The van der Waals surface area contributed by atoms with E-state index in [1.807, 2.05) is 13.8 Å². The van der Waals surface area contributed by atoms with E-state index in [4.69, 9.17) is 22.5 Å². The molecule has 2 saturated heterocycles. The molecule has 2 unspecified atom stereocenters. The Morgan fingerprint density at radius 3 is 2.67 bits per heavy atom. The maximum absolute atomic E-state index is 6.23. The zero-order valence-corrected chi connectivity index (χ0v) is 15.6. The molecule has 2 aliphatic heterocycles. The second-order valence-electron chi connectivity index (χ2n) is 4.74. The number of hydrogen-bond donors (Lipinski definition) is 0. The summed E-state index contributed by atoms with van der Waals surface area (Å²) in [5.41, 5.74) is 0. The van der Waals surface area contributed by atoms with Gasteiger partial charge in [0.15, 0.2) is 0 Å². The molecule has 84 valence electrons. The molecule has 0 radical (unpaired) electrons. The van der Waals surface area contributed by atoms with Gasteiger partial charge in [0, 0.05) is 0 Å². The summed E-state index contributed by atoms with van der Waals surface area (Å²) in [4.78, 5) is 0. The molecule has 0 aromatic carbocycles. The Hall–Kier alpha value is 1.11. The molecule has 2 rings (SSSR count). The summed E-state index contributed by atoms with van der Waals surface area (Å²) in [6.45, 7) is 5.50. The van der Waals surface area contributed by atoms with Crippen LogP contribution in [0, 0.1) is 0 Å². The van der Waals surface area contributed by atoms with E-state index in [0.29, 0.717) is 16.1 Å². The van der Waals surface area contributed by atoms with Gasteiger partial charge in [-0.1, -0.05) is 0 Å². The minimum atomic E-state index is -1.37. The normalized spacial score (nSPS) is 36.5. The summed E-state index contributed by atoms with van der Waals surface area (Å²) in [6, 6.07) is 0. The van der Waals surface area contributed by atoms with E-state index in [1.165, 1.54) is 6.42 Å². The van der Waals surface area contributed by atoms with Crippen molar-refractivity contribution in [2.24, 2.45) is 0 Å². The molecule has 0 aromatic rings. The van der Waals surface area contributed by atoms with Gasteiger partial charge in [-0.3, -0.25) is 0 Å². The molecular formula is C10H17ClHgO3. The van der Waals surface area contributed by atoms with Gasteiger partial charge in [-0.05, 0) is 0 Å². The van der Waals surface area contributed by atoms with E-state index >= 15 is 0 Å². The van der Waals surface area contributed by atoms with Crippen LogP contribution in [0.3, 0.4) is 0 Å². The molecule has 2 heterocycles. The van der Waals surface area contributed by atoms with Crippen LogP contribution in [0.1, 0.15) is 26.7 Å². The second kappa shape index (κ2) is 5.17. The van der Waals surface area contributed by atoms with Crippen LogP contribution in [0.4, 0.5) is 0 Å². The van der Waals surface area contributed by atoms with Gasteiger partial charge in [-0.2, -0.15) is 0 Å². The fraction of sp³-hybridized carbons (Fsp3) is 1.00. The predicted molar refractivity (Wildman–Crippen MR) is 53.5 cm³/mol. The van der Waals surface area contributed by atoms with Crippen molar-refractivity contribution in [1.29, 1.82) is 0 Å². The van der Waals surface area contributed by atoms with Gasteiger partial charge in [0.2, 0.25) is 0 Å². The molecule has 0 amide bonds. The number of hydrogen-bond acceptors (Lipinski definition) is 3. The summed E-state index contributed by atoms with van der Waals surface area (Å²) in [5.74, 6) is -0.429. The van der Waals surface area contributed by atoms with Crippen LogP contribution >= 0.6 is 8.25 Å². The molecule has 0 aromatic heterocycles. The zero-order chi connectivity index (χ0) is 10.9. The van der Waals surface area contributed by atoms with E-state index in [9.17, 15) is 0 Å². The molecule has 3 nitrogen and oxygen atoms in total. The standard InChI is InChI=1S/C10H17O3.ClH.Hg/c1-10(2)12-7-9(13-10)6-8-4-3-5-11-8;;/h6,8-9H,3-5,7H2,1-2H3;1H;/q;;+1/p-1/t8?,9-;;/m0../s1. The van der Waals surface area contributed by atoms with Crippen LogP contribution in [0.5, 0.6) is 0 Å². The van der Waals surface area contributed by atoms with Gasteiger partial charge < -0.3 is 0 Å². The Labute approximate surface area is 107 Å². The molecule has 15 heavy (non-hydrogen) atoms. The van der Waals surface area contributed by atoms with Crippen LogP contribution in [0.25, 0.3) is 0 Å². The Morgan fingerprint density at radius 1 is 1.40 bits per heavy atom.